The van der Waals surface area contributed by atoms with Gasteiger partial charge in [0.05, 0.1) is 11.8 Å². The highest BCUT2D eigenvalue weighted by atomic mass is 35.5. The normalized spacial score (nSPS) is 10.3. The third-order valence-electron chi connectivity index (χ3n) is 2.49. The molecule has 0 atom stereocenters. The van der Waals surface area contributed by atoms with Gasteiger partial charge in [0.15, 0.2) is 0 Å². The van der Waals surface area contributed by atoms with Crippen LogP contribution in [0.2, 0.25) is 5.22 Å². The molecular weight excluding hydrogens is 238 g/mol. The number of halogens is 1. The van der Waals surface area contributed by atoms with Crippen molar-refractivity contribution in [2.24, 2.45) is 0 Å². The molecular formula is C13H12ClNO2. The minimum Gasteiger partial charge on any atom is -0.452 e. The van der Waals surface area contributed by atoms with Crippen molar-refractivity contribution in [1.29, 1.82) is 0 Å². The summed E-state index contributed by atoms with van der Waals surface area (Å²) in [6.07, 6.45) is 1.39. The first kappa shape index (κ1) is 11.7. The van der Waals surface area contributed by atoms with Gasteiger partial charge < -0.3 is 9.73 Å². The second kappa shape index (κ2) is 4.63. The molecule has 0 bridgehead atoms. The Labute approximate surface area is 104 Å². The van der Waals surface area contributed by atoms with E-state index in [1.54, 1.807) is 6.07 Å². The molecule has 0 saturated heterocycles. The molecule has 3 nitrogen and oxygen atoms in total. The Kier molecular flexibility index (Phi) is 3.20. The van der Waals surface area contributed by atoms with Crippen LogP contribution in [0.15, 0.2) is 34.9 Å². The van der Waals surface area contributed by atoms with E-state index in [9.17, 15) is 4.79 Å². The van der Waals surface area contributed by atoms with Gasteiger partial charge >= 0.3 is 0 Å². The standard InChI is InChI=1S/C13H12ClNO2/c1-8-3-4-11(9(2)7-8)15-13(16)10-5-6-17-12(10)14/h3-7H,1-2H3,(H,15,16). The van der Waals surface area contributed by atoms with Crippen LogP contribution in [0.5, 0.6) is 0 Å². The molecule has 0 spiro atoms. The number of furan rings is 1. The molecule has 0 fully saturated rings. The largest absolute Gasteiger partial charge is 0.452 e. The van der Waals surface area contributed by atoms with Crippen molar-refractivity contribution >= 4 is 23.2 Å². The fraction of sp³-hybridized carbons (Fsp3) is 0.154. The number of anilines is 1. The van der Waals surface area contributed by atoms with Crippen LogP contribution in [0, 0.1) is 13.8 Å². The highest BCUT2D eigenvalue weighted by molar-refractivity contribution is 6.32. The Morgan fingerprint density at radius 3 is 2.65 bits per heavy atom. The fourth-order valence-electron chi connectivity index (χ4n) is 1.60. The van der Waals surface area contributed by atoms with E-state index in [1.807, 2.05) is 32.0 Å². The summed E-state index contributed by atoms with van der Waals surface area (Å²) in [4.78, 5) is 11.9. The summed E-state index contributed by atoms with van der Waals surface area (Å²) in [6.45, 7) is 3.95. The number of amides is 1. The van der Waals surface area contributed by atoms with Crippen molar-refractivity contribution in [3.05, 3.63) is 52.4 Å². The van der Waals surface area contributed by atoms with Gasteiger partial charge in [0.25, 0.3) is 5.91 Å². The molecule has 88 valence electrons. The summed E-state index contributed by atoms with van der Waals surface area (Å²) in [6, 6.07) is 7.37. The Morgan fingerprint density at radius 2 is 2.06 bits per heavy atom. The second-order valence-corrected chi connectivity index (χ2v) is 4.22. The Balaban J connectivity index is 2.22. The average Bonchev–Trinajstić information content (AvgIpc) is 2.68. The van der Waals surface area contributed by atoms with Gasteiger partial charge in [-0.1, -0.05) is 17.7 Å². The van der Waals surface area contributed by atoms with Gasteiger partial charge in [-0.05, 0) is 43.1 Å². The van der Waals surface area contributed by atoms with Crippen molar-refractivity contribution in [1.82, 2.24) is 0 Å². The second-order valence-electron chi connectivity index (χ2n) is 3.88. The molecule has 0 radical (unpaired) electrons. The Morgan fingerprint density at radius 1 is 1.29 bits per heavy atom. The summed E-state index contributed by atoms with van der Waals surface area (Å²) in [7, 11) is 0. The van der Waals surface area contributed by atoms with Crippen LogP contribution in [0.25, 0.3) is 0 Å². The van der Waals surface area contributed by atoms with Crippen LogP contribution >= 0.6 is 11.6 Å². The Bertz CT molecular complexity index is 560. The molecule has 0 unspecified atom stereocenters. The molecule has 1 heterocycles. The maximum absolute atomic E-state index is 11.9. The topological polar surface area (TPSA) is 42.2 Å². The highest BCUT2D eigenvalue weighted by Gasteiger charge is 2.13. The quantitative estimate of drug-likeness (QED) is 0.880. The van der Waals surface area contributed by atoms with Crippen LogP contribution in [0.3, 0.4) is 0 Å². The van der Waals surface area contributed by atoms with E-state index in [0.717, 1.165) is 16.8 Å². The van der Waals surface area contributed by atoms with E-state index in [1.165, 1.54) is 6.26 Å². The molecule has 1 aromatic heterocycles. The van der Waals surface area contributed by atoms with Gasteiger partial charge in [0.1, 0.15) is 0 Å². The molecule has 0 saturated carbocycles. The SMILES string of the molecule is Cc1ccc(NC(=O)c2ccoc2Cl)c(C)c1. The average molecular weight is 250 g/mol. The van der Waals surface area contributed by atoms with Crippen molar-refractivity contribution in [2.75, 3.05) is 5.32 Å². The van der Waals surface area contributed by atoms with Crippen LogP contribution in [-0.2, 0) is 0 Å². The summed E-state index contributed by atoms with van der Waals surface area (Å²) < 4.78 is 4.88. The smallest absolute Gasteiger partial charge is 0.260 e. The van der Waals surface area contributed by atoms with Crippen LogP contribution in [0.1, 0.15) is 21.5 Å². The van der Waals surface area contributed by atoms with E-state index in [0.29, 0.717) is 5.56 Å². The molecule has 17 heavy (non-hydrogen) atoms. The molecule has 0 aliphatic carbocycles. The first-order valence-corrected chi connectivity index (χ1v) is 5.57. The zero-order chi connectivity index (χ0) is 12.4. The lowest BCUT2D eigenvalue weighted by Crippen LogP contribution is -2.12. The number of benzene rings is 1. The summed E-state index contributed by atoms with van der Waals surface area (Å²) in [5.74, 6) is -0.268. The zero-order valence-electron chi connectivity index (χ0n) is 9.58. The van der Waals surface area contributed by atoms with Gasteiger partial charge in [-0.2, -0.15) is 0 Å². The number of hydrogen-bond acceptors (Lipinski definition) is 2. The molecule has 1 aromatic carbocycles. The van der Waals surface area contributed by atoms with E-state index in [2.05, 4.69) is 5.32 Å². The van der Waals surface area contributed by atoms with Gasteiger partial charge in [0, 0.05) is 5.69 Å². The molecule has 1 amide bonds. The third kappa shape index (κ3) is 2.50. The molecule has 2 rings (SSSR count). The first-order valence-electron chi connectivity index (χ1n) is 5.19. The van der Waals surface area contributed by atoms with Crippen LogP contribution in [-0.4, -0.2) is 5.91 Å². The zero-order valence-corrected chi connectivity index (χ0v) is 10.3. The van der Waals surface area contributed by atoms with Crippen LogP contribution in [0.4, 0.5) is 5.69 Å². The highest BCUT2D eigenvalue weighted by Crippen LogP contribution is 2.20. The van der Waals surface area contributed by atoms with E-state index in [4.69, 9.17) is 16.0 Å². The summed E-state index contributed by atoms with van der Waals surface area (Å²) in [5, 5.41) is 2.90. The number of hydrogen-bond donors (Lipinski definition) is 1. The summed E-state index contributed by atoms with van der Waals surface area (Å²) in [5.41, 5.74) is 3.28. The predicted molar refractivity (Wildman–Crippen MR) is 67.6 cm³/mol. The number of carbonyl (C=O) groups excluding carboxylic acids is 1. The van der Waals surface area contributed by atoms with Crippen molar-refractivity contribution < 1.29 is 9.21 Å². The molecule has 0 aliphatic heterocycles. The minimum atomic E-state index is -0.268. The van der Waals surface area contributed by atoms with Crippen LogP contribution < -0.4 is 5.32 Å². The summed E-state index contributed by atoms with van der Waals surface area (Å²) >= 11 is 5.74. The predicted octanol–water partition coefficient (Wildman–Crippen LogP) is 3.80. The lowest BCUT2D eigenvalue weighted by molar-refractivity contribution is 0.102. The van der Waals surface area contributed by atoms with Gasteiger partial charge in [-0.25, -0.2) is 0 Å². The number of carbonyl (C=O) groups is 1. The monoisotopic (exact) mass is 249 g/mol. The van der Waals surface area contributed by atoms with Gasteiger partial charge in [-0.15, -0.1) is 0 Å². The van der Waals surface area contributed by atoms with E-state index in [-0.39, 0.29) is 11.1 Å². The van der Waals surface area contributed by atoms with E-state index >= 15 is 0 Å². The third-order valence-corrected chi connectivity index (χ3v) is 2.79. The lowest BCUT2D eigenvalue weighted by atomic mass is 10.1. The van der Waals surface area contributed by atoms with Crippen molar-refractivity contribution in [3.8, 4) is 0 Å². The van der Waals surface area contributed by atoms with Crippen molar-refractivity contribution in [3.63, 3.8) is 0 Å². The first-order chi connectivity index (χ1) is 8.08. The maximum atomic E-state index is 11.9. The lowest BCUT2D eigenvalue weighted by Gasteiger charge is -2.08. The minimum absolute atomic E-state index is 0.104. The fourth-order valence-corrected chi connectivity index (χ4v) is 1.80. The molecule has 4 heteroatoms. The van der Waals surface area contributed by atoms with Gasteiger partial charge in [-0.3, -0.25) is 4.79 Å². The molecule has 2 aromatic rings. The Hall–Kier alpha value is -1.74. The number of nitrogens with one attached hydrogen (secondary N) is 1. The van der Waals surface area contributed by atoms with E-state index < -0.39 is 0 Å². The molecule has 1 N–H and O–H groups in total. The number of rotatable bonds is 2. The van der Waals surface area contributed by atoms with Crippen molar-refractivity contribution in [2.45, 2.75) is 13.8 Å². The number of aryl methyl sites for hydroxylation is 2. The van der Waals surface area contributed by atoms with Gasteiger partial charge in [0.2, 0.25) is 5.22 Å². The maximum Gasteiger partial charge on any atom is 0.260 e. The molecule has 0 aliphatic rings.